The van der Waals surface area contributed by atoms with E-state index in [1.165, 1.54) is 5.49 Å². The van der Waals surface area contributed by atoms with E-state index in [4.69, 9.17) is 12.2 Å². The first kappa shape index (κ1) is 18.5. The molecule has 0 N–H and O–H groups in total. The Kier molecular flexibility index (Phi) is 5.38. The molecule has 3 rings (SSSR count). The van der Waals surface area contributed by atoms with Gasteiger partial charge < -0.3 is 9.42 Å². The average molecular weight is 442 g/mol. The second-order valence-electron chi connectivity index (χ2n) is 5.29. The molecule has 0 aliphatic heterocycles. The maximum atomic E-state index is 12.5. The minimum absolute atomic E-state index is 0.122. The first-order valence-electron chi connectivity index (χ1n) is 7.35. The largest absolute Gasteiger partial charge is 0.471 e. The Morgan fingerprint density at radius 1 is 1.12 bits per heavy atom. The highest BCUT2D eigenvalue weighted by atomic mass is 79.9. The van der Waals surface area contributed by atoms with Crippen molar-refractivity contribution < 1.29 is 17.7 Å². The van der Waals surface area contributed by atoms with E-state index in [1.54, 1.807) is 24.3 Å². The third-order valence-electron chi connectivity index (χ3n) is 3.55. The zero-order chi connectivity index (χ0) is 18.7. The summed E-state index contributed by atoms with van der Waals surface area (Å²) >= 11 is 8.58. The molecule has 26 heavy (non-hydrogen) atoms. The third kappa shape index (κ3) is 4.10. The smallest absolute Gasteiger partial charge is 0.334 e. The van der Waals surface area contributed by atoms with E-state index in [1.807, 2.05) is 29.2 Å². The van der Waals surface area contributed by atoms with Crippen LogP contribution in [0.1, 0.15) is 11.5 Å². The predicted molar refractivity (Wildman–Crippen MR) is 98.7 cm³/mol. The molecule has 134 valence electrons. The predicted octanol–water partition coefficient (Wildman–Crippen LogP) is 5.48. The highest BCUT2D eigenvalue weighted by Gasteiger charge is 2.38. The van der Waals surface area contributed by atoms with Crippen LogP contribution in [-0.4, -0.2) is 15.6 Å². The van der Waals surface area contributed by atoms with Crippen LogP contribution in [0, 0.1) is 0 Å². The van der Waals surface area contributed by atoms with E-state index in [9.17, 15) is 13.2 Å². The summed E-state index contributed by atoms with van der Waals surface area (Å²) in [6, 6.07) is 14.5. The van der Waals surface area contributed by atoms with Gasteiger partial charge in [-0.25, -0.2) is 0 Å². The molecule has 0 amide bonds. The van der Waals surface area contributed by atoms with Crippen molar-refractivity contribution >= 4 is 39.3 Å². The molecule has 0 radical (unpaired) electrons. The van der Waals surface area contributed by atoms with Gasteiger partial charge in [0.1, 0.15) is 0 Å². The molecule has 0 atom stereocenters. The number of hydrogen-bond acceptors (Lipinski definition) is 4. The fourth-order valence-corrected chi connectivity index (χ4v) is 2.86. The lowest BCUT2D eigenvalue weighted by molar-refractivity contribution is -0.159. The van der Waals surface area contributed by atoms with Gasteiger partial charge in [-0.3, -0.25) is 0 Å². The van der Waals surface area contributed by atoms with Crippen molar-refractivity contribution in [1.82, 2.24) is 10.1 Å². The standard InChI is InChI=1S/C17H11BrF3N3OS/c18-14-4-2-1-3-12(14)9-24(10-26)13-7-5-11(6-8-13)15-22-16(25-23-15)17(19,20)21/h1-8,10H,9H2. The van der Waals surface area contributed by atoms with Crippen LogP contribution in [0.5, 0.6) is 0 Å². The molecule has 1 heterocycles. The van der Waals surface area contributed by atoms with Gasteiger partial charge in [0, 0.05) is 22.3 Å². The molecule has 4 nitrogen and oxygen atoms in total. The van der Waals surface area contributed by atoms with Crippen molar-refractivity contribution in [3.05, 3.63) is 64.5 Å². The Morgan fingerprint density at radius 3 is 2.38 bits per heavy atom. The van der Waals surface area contributed by atoms with E-state index in [0.717, 1.165) is 15.7 Å². The number of thiocarbonyl (C=S) groups is 1. The van der Waals surface area contributed by atoms with Crippen molar-refractivity contribution in [3.63, 3.8) is 0 Å². The van der Waals surface area contributed by atoms with Crippen molar-refractivity contribution in [2.75, 3.05) is 4.90 Å². The highest BCUT2D eigenvalue weighted by molar-refractivity contribution is 9.10. The normalized spacial score (nSPS) is 11.4. The fraction of sp³-hybridized carbons (Fsp3) is 0.118. The van der Waals surface area contributed by atoms with Gasteiger partial charge in [0.2, 0.25) is 5.82 Å². The second-order valence-corrected chi connectivity index (χ2v) is 6.36. The summed E-state index contributed by atoms with van der Waals surface area (Å²) in [7, 11) is 0. The van der Waals surface area contributed by atoms with Crippen LogP contribution in [0.2, 0.25) is 0 Å². The molecule has 3 aromatic rings. The van der Waals surface area contributed by atoms with Crippen LogP contribution in [0.15, 0.2) is 57.5 Å². The van der Waals surface area contributed by atoms with Gasteiger partial charge in [-0.2, -0.15) is 18.2 Å². The van der Waals surface area contributed by atoms with Crippen molar-refractivity contribution in [3.8, 4) is 11.4 Å². The summed E-state index contributed by atoms with van der Waals surface area (Å²) in [5.74, 6) is -1.49. The molecule has 0 saturated heterocycles. The summed E-state index contributed by atoms with van der Waals surface area (Å²) in [5, 5.41) is 3.37. The van der Waals surface area contributed by atoms with E-state index in [-0.39, 0.29) is 5.82 Å². The van der Waals surface area contributed by atoms with Crippen LogP contribution in [0.3, 0.4) is 0 Å². The Morgan fingerprint density at radius 2 is 1.81 bits per heavy atom. The molecular weight excluding hydrogens is 431 g/mol. The summed E-state index contributed by atoms with van der Waals surface area (Å²) in [6.07, 6.45) is -4.66. The maximum absolute atomic E-state index is 12.5. The lowest BCUT2D eigenvalue weighted by atomic mass is 10.1. The Bertz CT molecular complexity index is 912. The van der Waals surface area contributed by atoms with Crippen LogP contribution < -0.4 is 4.90 Å². The van der Waals surface area contributed by atoms with Crippen molar-refractivity contribution in [2.45, 2.75) is 12.7 Å². The monoisotopic (exact) mass is 441 g/mol. The maximum Gasteiger partial charge on any atom is 0.471 e. The number of aromatic nitrogens is 2. The molecule has 0 bridgehead atoms. The first-order chi connectivity index (χ1) is 12.4. The molecule has 0 aliphatic rings. The molecule has 0 aliphatic carbocycles. The van der Waals surface area contributed by atoms with Gasteiger partial charge in [0.15, 0.2) is 0 Å². The second kappa shape index (κ2) is 7.55. The number of nitrogens with zero attached hydrogens (tertiary/aromatic N) is 3. The number of halogens is 4. The van der Waals surface area contributed by atoms with E-state index in [2.05, 4.69) is 30.6 Å². The van der Waals surface area contributed by atoms with Crippen LogP contribution in [-0.2, 0) is 12.7 Å². The zero-order valence-corrected chi connectivity index (χ0v) is 15.5. The van der Waals surface area contributed by atoms with Gasteiger partial charge in [-0.15, -0.1) is 0 Å². The molecule has 1 aromatic heterocycles. The Labute approximate surface area is 160 Å². The lowest BCUT2D eigenvalue weighted by Gasteiger charge is -2.20. The van der Waals surface area contributed by atoms with Gasteiger partial charge in [0.25, 0.3) is 0 Å². The zero-order valence-electron chi connectivity index (χ0n) is 13.1. The topological polar surface area (TPSA) is 42.2 Å². The minimum atomic E-state index is -4.66. The van der Waals surface area contributed by atoms with Gasteiger partial charge in [0.05, 0.1) is 5.49 Å². The number of anilines is 1. The number of hydrogen-bond donors (Lipinski definition) is 0. The highest BCUT2D eigenvalue weighted by Crippen LogP contribution is 2.30. The average Bonchev–Trinajstić information content (AvgIpc) is 3.12. The van der Waals surface area contributed by atoms with Crippen molar-refractivity contribution in [2.24, 2.45) is 0 Å². The van der Waals surface area contributed by atoms with Crippen LogP contribution in [0.25, 0.3) is 11.4 Å². The molecule has 0 saturated carbocycles. The Hall–Kier alpha value is -2.26. The number of rotatable bonds is 5. The SMILES string of the molecule is FC(F)(F)c1nc(-c2ccc(N(C=S)Cc3ccccc3Br)cc2)no1. The molecule has 0 spiro atoms. The third-order valence-corrected chi connectivity index (χ3v) is 4.58. The molecule has 2 aromatic carbocycles. The van der Waals surface area contributed by atoms with Crippen LogP contribution in [0.4, 0.5) is 18.9 Å². The van der Waals surface area contributed by atoms with Crippen LogP contribution >= 0.6 is 28.1 Å². The van der Waals surface area contributed by atoms with E-state index in [0.29, 0.717) is 12.1 Å². The molecular formula is C17H11BrF3N3OS. The first-order valence-corrected chi connectivity index (χ1v) is 8.61. The molecule has 0 unspecified atom stereocenters. The van der Waals surface area contributed by atoms with Crippen molar-refractivity contribution in [1.29, 1.82) is 0 Å². The van der Waals surface area contributed by atoms with E-state index < -0.39 is 12.1 Å². The van der Waals surface area contributed by atoms with Gasteiger partial charge >= 0.3 is 12.1 Å². The summed E-state index contributed by atoms with van der Waals surface area (Å²) in [4.78, 5) is 5.22. The molecule has 0 fully saturated rings. The summed E-state index contributed by atoms with van der Waals surface area (Å²) < 4.78 is 42.9. The number of benzene rings is 2. The minimum Gasteiger partial charge on any atom is -0.334 e. The van der Waals surface area contributed by atoms with E-state index >= 15 is 0 Å². The lowest BCUT2D eigenvalue weighted by Crippen LogP contribution is -2.19. The fourth-order valence-electron chi connectivity index (χ4n) is 2.26. The number of alkyl halides is 3. The van der Waals surface area contributed by atoms with Gasteiger partial charge in [-0.1, -0.05) is 51.5 Å². The summed E-state index contributed by atoms with van der Waals surface area (Å²) in [6.45, 7) is 0.546. The Balaban J connectivity index is 1.81. The molecule has 9 heteroatoms. The summed E-state index contributed by atoms with van der Waals surface area (Å²) in [5.41, 5.74) is 3.77. The quantitative estimate of drug-likeness (QED) is 0.490. The van der Waals surface area contributed by atoms with Gasteiger partial charge in [-0.05, 0) is 35.9 Å².